The molecule has 138 heavy (non-hydrogen) atoms. The largest absolute Gasteiger partial charge is 0.370 e. The van der Waals surface area contributed by atoms with Crippen LogP contribution in [0.4, 0.5) is 9.59 Å². The lowest BCUT2D eigenvalue weighted by atomic mass is 9.77. The van der Waals surface area contributed by atoms with Crippen molar-refractivity contribution in [3.05, 3.63) is 278 Å². The number of fused-ring (bicyclic) bond motifs is 2. The van der Waals surface area contributed by atoms with Gasteiger partial charge < -0.3 is 40.0 Å². The van der Waals surface area contributed by atoms with E-state index in [0.29, 0.717) is 60.4 Å². The molecule has 0 saturated carbocycles. The van der Waals surface area contributed by atoms with E-state index in [1.54, 1.807) is 41.5 Å². The first-order valence-corrected chi connectivity index (χ1v) is 56.7. The zero-order chi connectivity index (χ0) is 101. The quantitative estimate of drug-likeness (QED) is 0.0248. The number of carbonyl (C=O) groups is 6. The fraction of sp³-hybridized carbons (Fsp3) is 0.518. The molecule has 8 aliphatic heterocycles. The van der Waals surface area contributed by atoms with E-state index in [1.807, 2.05) is 67.4 Å². The van der Waals surface area contributed by atoms with Crippen molar-refractivity contribution in [3.8, 4) is 0 Å². The predicted octanol–water partition coefficient (Wildman–Crippen LogP) is 21.0. The van der Waals surface area contributed by atoms with Crippen LogP contribution in [0.3, 0.4) is 0 Å². The molecule has 12 heterocycles. The van der Waals surface area contributed by atoms with Gasteiger partial charge in [0.1, 0.15) is 11.4 Å². The van der Waals surface area contributed by atoms with E-state index in [9.17, 15) is 28.8 Å². The lowest BCUT2D eigenvalue weighted by Crippen LogP contribution is -2.47. The van der Waals surface area contributed by atoms with E-state index in [-0.39, 0.29) is 75.2 Å². The summed E-state index contributed by atoms with van der Waals surface area (Å²) in [6, 6.07) is 37.4. The summed E-state index contributed by atoms with van der Waals surface area (Å²) in [7, 11) is 0. The summed E-state index contributed by atoms with van der Waals surface area (Å²) in [5.41, 5.74) is 8.16. The van der Waals surface area contributed by atoms with Crippen molar-refractivity contribution in [2.75, 3.05) is 89.9 Å². The summed E-state index contributed by atoms with van der Waals surface area (Å²) >= 11 is 10.3. The average Bonchev–Trinajstić information content (AvgIpc) is 1.50. The van der Waals surface area contributed by atoms with E-state index in [0.717, 1.165) is 99.0 Å². The molecule has 14 rings (SSSR count). The number of benzene rings is 2. The van der Waals surface area contributed by atoms with Gasteiger partial charge in [-0.05, 0) is 143 Å². The van der Waals surface area contributed by atoms with Gasteiger partial charge in [-0.2, -0.15) is 16.3 Å². The van der Waals surface area contributed by atoms with Crippen LogP contribution in [0.5, 0.6) is 0 Å². The molecular weight excluding hydrogens is 1830 g/mol. The molecule has 0 spiro atoms. The molecule has 8 aliphatic rings. The first-order chi connectivity index (χ1) is 65.5. The Morgan fingerprint density at radius 1 is 0.384 bits per heavy atom. The lowest BCUT2D eigenvalue weighted by molar-refractivity contribution is -0.751. The molecule has 6 aromatic rings. The van der Waals surface area contributed by atoms with Crippen molar-refractivity contribution in [1.29, 1.82) is 0 Å². The summed E-state index contributed by atoms with van der Waals surface area (Å²) in [6.45, 7) is 50.0. The minimum atomic E-state index is -0.551. The predicted molar refractivity (Wildman–Crippen MR) is 579 cm³/mol. The first kappa shape index (κ1) is 113. The Morgan fingerprint density at radius 2 is 0.884 bits per heavy atom. The van der Waals surface area contributed by atoms with E-state index >= 15 is 0 Å². The van der Waals surface area contributed by atoms with Crippen LogP contribution in [-0.2, 0) is 69.0 Å². The highest BCUT2D eigenvalue weighted by molar-refractivity contribution is 8.00. The summed E-state index contributed by atoms with van der Waals surface area (Å²) < 4.78 is 9.25. The fourth-order valence-electron chi connectivity index (χ4n) is 18.0. The molecule has 2 fully saturated rings. The molecule has 26 heteroatoms. The third-order valence-electron chi connectivity index (χ3n) is 25.6. The van der Waals surface area contributed by atoms with Gasteiger partial charge in [0.05, 0.1) is 43.1 Å². The van der Waals surface area contributed by atoms with Crippen LogP contribution in [0.15, 0.2) is 254 Å². The number of pyridine rings is 4. The summed E-state index contributed by atoms with van der Waals surface area (Å²) in [5.74, 6) is 0.371. The Kier molecular flexibility index (Phi) is 43.5. The number of aromatic nitrogens is 4. The number of hydrogen-bond donors (Lipinski definition) is 2. The topological polar surface area (TPSA) is 168 Å². The second-order valence-electron chi connectivity index (χ2n) is 42.5. The molecule has 2 saturated heterocycles. The number of rotatable bonds is 30. The van der Waals surface area contributed by atoms with Gasteiger partial charge in [-0.25, -0.2) is 23.3 Å². The number of imide groups is 2. The molecule has 6 atom stereocenters. The van der Waals surface area contributed by atoms with Crippen LogP contribution in [0.25, 0.3) is 0 Å². The number of amides is 8. The van der Waals surface area contributed by atoms with Gasteiger partial charge in [-0.1, -0.05) is 240 Å². The molecule has 748 valence electrons. The number of carbonyl (C=O) groups excluding carboxylic acids is 6. The highest BCUT2D eigenvalue weighted by Crippen LogP contribution is 2.44. The molecule has 2 N–H and O–H groups in total. The van der Waals surface area contributed by atoms with Crippen molar-refractivity contribution in [3.63, 3.8) is 0 Å². The zero-order valence-electron chi connectivity index (χ0n) is 87.1. The van der Waals surface area contributed by atoms with Crippen LogP contribution in [0.1, 0.15) is 208 Å². The Morgan fingerprint density at radius 3 is 1.43 bits per heavy atom. The second-order valence-corrected chi connectivity index (χ2v) is 48.0. The highest BCUT2D eigenvalue weighted by atomic mass is 32.2. The van der Waals surface area contributed by atoms with E-state index in [4.69, 9.17) is 0 Å². The summed E-state index contributed by atoms with van der Waals surface area (Å²) in [6.07, 6.45) is 67.9. The number of allylic oxidation sites excluding steroid dienone is 6. The maximum Gasteiger partial charge on any atom is 0.325 e. The number of thioether (sulfide) groups is 6. The summed E-state index contributed by atoms with van der Waals surface area (Å²) in [4.78, 5) is 91.0. The molecular formula is C112H162N14O6S6+4. The van der Waals surface area contributed by atoms with Crippen LogP contribution >= 0.6 is 70.6 Å². The summed E-state index contributed by atoms with van der Waals surface area (Å²) in [5, 5.41) is 7.11. The fourth-order valence-corrected chi connectivity index (χ4v) is 21.6. The molecule has 0 radical (unpaired) electrons. The van der Waals surface area contributed by atoms with Crippen molar-refractivity contribution < 1.29 is 47.0 Å². The Labute approximate surface area is 854 Å². The monoisotopic (exact) mass is 1990 g/mol. The van der Waals surface area contributed by atoms with Gasteiger partial charge in [0, 0.05) is 153 Å². The SMILES string of the molecule is CSC1C=CC=CN1CCCN1C=CC=CC1C(C)(C)C.CSC1C=CN(CCCN2C=CC(C(C)(C)C)C=C2)C=C1.CSC1NC(=O)N(CCCN2C(=O)NC(C(C)(C)C)C2=O)C1=O.CSC1c2ccccc2CC(=O)N1CCCN1C(=O)Cc2ccccc2C1C(C)(C)C.CSc1cc[n+](CCC[n+]2ccc(C(C)(C)C)cc2)cc1.CSc1cccc[n+]1CCC[n+]1ccccc1C(C)(C)C. The first-order valence-electron chi connectivity index (χ1n) is 49.1. The number of aryl methyl sites for hydroxylation is 4. The molecule has 0 aliphatic carbocycles. The number of nitrogens with zero attached hydrogens (tertiary/aromatic N) is 12. The Bertz CT molecular complexity index is 5160. The molecule has 2 aromatic carbocycles. The standard InChI is InChI=1S/C26H32N2O2S.C18H28N2S.C18H26N2S.C18H28N2S.C18H26N2S.C14H22N4O4S/c1-26(2,3)24-20-12-7-5-10-18(20)16-22(29)27(24)14-9-15-28-23(30)17-19-11-6-8-13-21(19)25(28)31-4;2*1-18(2,3)16-6-12-19(13-7-16)10-5-11-20-14-8-17(21-4)9-15-20;2*1-18(2,3)16-10-5-7-12-19(16)14-9-15-20-13-8-6-11-17(20)21-4;1-14(2,3)8-10(19)17(12(21)15-8)6-5-7-18-11(20)9(23-4)16-13(18)22/h5-8,10-13,24-25H,9,14-17H2,1-4H3;6-9,12-17H,5,10-11H2,1-4H3;6-9,12-15H,5,10-11H2,1-4H3;5-8,10-13,16-17H,9,14-15H2,1-4H3;5-8,10-13H,9,14-15H2,1-4H3;8-9H,5-7H2,1-4H3,(H,15,21)(H,16,22)/q;;+2;;+2;. The second kappa shape index (κ2) is 53.3. The van der Waals surface area contributed by atoms with Gasteiger partial charge in [-0.15, -0.1) is 47.0 Å². The van der Waals surface area contributed by atoms with Gasteiger partial charge in [0.25, 0.3) is 11.8 Å². The van der Waals surface area contributed by atoms with Gasteiger partial charge in [0.2, 0.25) is 16.8 Å². The van der Waals surface area contributed by atoms with Gasteiger partial charge in [-0.3, -0.25) is 29.0 Å². The van der Waals surface area contributed by atoms with Crippen LogP contribution < -0.4 is 28.9 Å². The Hall–Kier alpha value is -8.92. The highest BCUT2D eigenvalue weighted by Gasteiger charge is 2.46. The normalized spacial score (nSPS) is 19.3. The maximum atomic E-state index is 13.1. The Balaban J connectivity index is 0.000000187. The third kappa shape index (κ3) is 33.6. The third-order valence-corrected chi connectivity index (χ3v) is 30.7. The molecule has 6 unspecified atom stereocenters. The molecule has 4 aromatic heterocycles. The van der Waals surface area contributed by atoms with Gasteiger partial charge >= 0.3 is 12.1 Å². The molecule has 8 amide bonds. The minimum absolute atomic E-state index is 0.0497. The zero-order valence-corrected chi connectivity index (χ0v) is 92.0. The van der Waals surface area contributed by atoms with E-state index in [2.05, 4.69) is 415 Å². The lowest BCUT2D eigenvalue weighted by Gasteiger charge is -2.45. The smallest absolute Gasteiger partial charge is 0.325 e. The van der Waals surface area contributed by atoms with Gasteiger partial charge in [0.15, 0.2) is 74.4 Å². The van der Waals surface area contributed by atoms with Crippen molar-refractivity contribution in [1.82, 2.24) is 49.8 Å². The minimum Gasteiger partial charge on any atom is -0.370 e. The van der Waals surface area contributed by atoms with Crippen molar-refractivity contribution >= 4 is 106 Å². The van der Waals surface area contributed by atoms with Crippen LogP contribution in [0, 0.1) is 27.6 Å². The van der Waals surface area contributed by atoms with Crippen LogP contribution in [-0.4, -0.2) is 193 Å². The molecule has 20 nitrogen and oxygen atoms in total. The number of nitrogens with one attached hydrogen (secondary N) is 2. The van der Waals surface area contributed by atoms with Crippen molar-refractivity contribution in [2.24, 2.45) is 27.6 Å². The van der Waals surface area contributed by atoms with Crippen LogP contribution in [0.2, 0.25) is 0 Å². The maximum absolute atomic E-state index is 13.1. The van der Waals surface area contributed by atoms with E-state index in [1.165, 1.54) is 50.5 Å². The van der Waals surface area contributed by atoms with E-state index < -0.39 is 23.5 Å². The molecule has 0 bridgehead atoms. The number of hydrogen-bond acceptors (Lipinski definition) is 16. The average molecular weight is 1990 g/mol. The van der Waals surface area contributed by atoms with Crippen molar-refractivity contribution in [2.45, 2.75) is 262 Å². The number of urea groups is 2.